The van der Waals surface area contributed by atoms with E-state index < -0.39 is 6.10 Å². The van der Waals surface area contributed by atoms with Crippen LogP contribution in [-0.4, -0.2) is 48.9 Å². The van der Waals surface area contributed by atoms with E-state index in [1.54, 1.807) is 4.90 Å². The zero-order valence-corrected chi connectivity index (χ0v) is 12.1. The van der Waals surface area contributed by atoms with E-state index in [1.165, 1.54) is 0 Å². The maximum Gasteiger partial charge on any atom is 0.317 e. The van der Waals surface area contributed by atoms with Gasteiger partial charge in [0.05, 0.1) is 19.3 Å². The highest BCUT2D eigenvalue weighted by atomic mass is 16.5. The van der Waals surface area contributed by atoms with Gasteiger partial charge in [-0.2, -0.15) is 0 Å². The van der Waals surface area contributed by atoms with Gasteiger partial charge >= 0.3 is 6.03 Å². The van der Waals surface area contributed by atoms with Crippen LogP contribution >= 0.6 is 0 Å². The van der Waals surface area contributed by atoms with E-state index in [1.807, 2.05) is 30.3 Å². The number of aliphatic hydroxyl groups excluding tert-OH is 1. The summed E-state index contributed by atoms with van der Waals surface area (Å²) in [5.41, 5.74) is 0.735. The number of aliphatic hydroxyl groups is 1. The number of benzene rings is 1. The van der Waals surface area contributed by atoms with E-state index in [4.69, 9.17) is 4.74 Å². The van der Waals surface area contributed by atoms with E-state index in [9.17, 15) is 9.90 Å². The fourth-order valence-corrected chi connectivity index (χ4v) is 2.83. The molecule has 2 N–H and O–H groups in total. The Hall–Kier alpha value is -1.59. The zero-order valence-electron chi connectivity index (χ0n) is 12.1. The molecule has 0 spiro atoms. The number of ether oxygens (including phenoxy) is 1. The first-order chi connectivity index (χ1) is 10.2. The molecule has 1 saturated carbocycles. The maximum atomic E-state index is 12.1. The van der Waals surface area contributed by atoms with Crippen LogP contribution in [0.1, 0.15) is 24.5 Å². The molecule has 1 aromatic carbocycles. The number of hydrogen-bond donors (Lipinski definition) is 2. The van der Waals surface area contributed by atoms with Gasteiger partial charge in [-0.05, 0) is 18.4 Å². The average Bonchev–Trinajstić information content (AvgIpc) is 3.35. The highest BCUT2D eigenvalue weighted by Gasteiger charge is 2.49. The zero-order chi connectivity index (χ0) is 14.7. The van der Waals surface area contributed by atoms with Gasteiger partial charge < -0.3 is 20.1 Å². The lowest BCUT2D eigenvalue weighted by Crippen LogP contribution is -2.47. The lowest BCUT2D eigenvalue weighted by atomic mass is 9.93. The Kier molecular flexibility index (Phi) is 4.12. The summed E-state index contributed by atoms with van der Waals surface area (Å²) in [6, 6.07) is 9.63. The molecular formula is C16H22N2O3. The molecule has 5 heteroatoms. The topological polar surface area (TPSA) is 61.8 Å². The van der Waals surface area contributed by atoms with Gasteiger partial charge in [-0.3, -0.25) is 0 Å². The average molecular weight is 290 g/mol. The first-order valence-corrected chi connectivity index (χ1v) is 7.55. The largest absolute Gasteiger partial charge is 0.388 e. The van der Waals surface area contributed by atoms with Gasteiger partial charge in [-0.1, -0.05) is 30.3 Å². The van der Waals surface area contributed by atoms with E-state index in [-0.39, 0.29) is 11.4 Å². The van der Waals surface area contributed by atoms with Crippen molar-refractivity contribution >= 4 is 6.03 Å². The van der Waals surface area contributed by atoms with Gasteiger partial charge in [0.2, 0.25) is 0 Å². The van der Waals surface area contributed by atoms with Gasteiger partial charge in [0.1, 0.15) is 0 Å². The second kappa shape index (κ2) is 6.03. The second-order valence-electron chi connectivity index (χ2n) is 5.93. The summed E-state index contributed by atoms with van der Waals surface area (Å²) in [4.78, 5) is 13.9. The molecule has 1 saturated heterocycles. The van der Waals surface area contributed by atoms with Crippen molar-refractivity contribution in [2.24, 2.45) is 5.41 Å². The van der Waals surface area contributed by atoms with Crippen molar-refractivity contribution in [1.82, 2.24) is 10.2 Å². The lowest BCUT2D eigenvalue weighted by Gasteiger charge is -2.29. The van der Waals surface area contributed by atoms with Crippen LogP contribution in [0.2, 0.25) is 0 Å². The minimum atomic E-state index is -0.510. The van der Waals surface area contributed by atoms with Crippen molar-refractivity contribution in [2.75, 3.05) is 32.8 Å². The molecule has 1 heterocycles. The molecule has 2 fully saturated rings. The SMILES string of the molecule is O=C(NCC1(C(O)c2ccccc2)CC1)N1CCOCC1. The molecule has 2 aliphatic rings. The Bertz CT molecular complexity index is 482. The predicted molar refractivity (Wildman–Crippen MR) is 78.9 cm³/mol. The second-order valence-corrected chi connectivity index (χ2v) is 5.93. The molecule has 1 atom stereocenters. The van der Waals surface area contributed by atoms with Gasteiger partial charge in [-0.25, -0.2) is 4.79 Å². The first kappa shape index (κ1) is 14.4. The van der Waals surface area contributed by atoms with Crippen molar-refractivity contribution in [3.05, 3.63) is 35.9 Å². The summed E-state index contributed by atoms with van der Waals surface area (Å²) < 4.78 is 5.24. The summed E-state index contributed by atoms with van der Waals surface area (Å²) in [5.74, 6) is 0. The molecule has 0 bridgehead atoms. The van der Waals surface area contributed by atoms with Crippen LogP contribution in [0.25, 0.3) is 0 Å². The highest BCUT2D eigenvalue weighted by molar-refractivity contribution is 5.74. The Labute approximate surface area is 124 Å². The lowest BCUT2D eigenvalue weighted by molar-refractivity contribution is 0.0509. The molecule has 21 heavy (non-hydrogen) atoms. The maximum absolute atomic E-state index is 12.1. The van der Waals surface area contributed by atoms with Crippen LogP contribution in [0.5, 0.6) is 0 Å². The third kappa shape index (κ3) is 3.19. The number of amides is 2. The highest BCUT2D eigenvalue weighted by Crippen LogP contribution is 2.54. The van der Waals surface area contributed by atoms with E-state index >= 15 is 0 Å². The molecule has 1 aliphatic heterocycles. The number of rotatable bonds is 4. The Balaban J connectivity index is 1.55. The Morgan fingerprint density at radius 1 is 1.29 bits per heavy atom. The third-order valence-electron chi connectivity index (χ3n) is 4.48. The van der Waals surface area contributed by atoms with E-state index in [0.29, 0.717) is 32.8 Å². The van der Waals surface area contributed by atoms with Crippen LogP contribution in [0, 0.1) is 5.41 Å². The van der Waals surface area contributed by atoms with Crippen molar-refractivity contribution in [2.45, 2.75) is 18.9 Å². The molecule has 0 aromatic heterocycles. The smallest absolute Gasteiger partial charge is 0.317 e. The van der Waals surface area contributed by atoms with Crippen LogP contribution in [-0.2, 0) is 4.74 Å². The van der Waals surface area contributed by atoms with Crippen molar-refractivity contribution < 1.29 is 14.6 Å². The fourth-order valence-electron chi connectivity index (χ4n) is 2.83. The number of nitrogens with one attached hydrogen (secondary N) is 1. The van der Waals surface area contributed by atoms with Crippen LogP contribution in [0.4, 0.5) is 4.79 Å². The number of morpholine rings is 1. The van der Waals surface area contributed by atoms with Crippen LogP contribution in [0.3, 0.4) is 0 Å². The Morgan fingerprint density at radius 2 is 1.95 bits per heavy atom. The normalized spacial score (nSPS) is 21.7. The van der Waals surface area contributed by atoms with Gasteiger partial charge in [0.15, 0.2) is 0 Å². The molecular weight excluding hydrogens is 268 g/mol. The fraction of sp³-hybridized carbons (Fsp3) is 0.562. The quantitative estimate of drug-likeness (QED) is 0.884. The third-order valence-corrected chi connectivity index (χ3v) is 4.48. The molecule has 114 valence electrons. The van der Waals surface area contributed by atoms with Crippen molar-refractivity contribution in [3.8, 4) is 0 Å². The summed E-state index contributed by atoms with van der Waals surface area (Å²) in [7, 11) is 0. The van der Waals surface area contributed by atoms with Gasteiger partial charge in [-0.15, -0.1) is 0 Å². The number of urea groups is 1. The number of carbonyl (C=O) groups excluding carboxylic acids is 1. The number of carbonyl (C=O) groups is 1. The minimum absolute atomic E-state index is 0.0511. The predicted octanol–water partition coefficient (Wildman–Crippen LogP) is 1.54. The monoisotopic (exact) mass is 290 g/mol. The summed E-state index contributed by atoms with van der Waals surface area (Å²) in [6.07, 6.45) is 1.39. The summed E-state index contributed by atoms with van der Waals surface area (Å²) in [5, 5.41) is 13.5. The summed E-state index contributed by atoms with van der Waals surface area (Å²) in [6.45, 7) is 3.01. The van der Waals surface area contributed by atoms with Gasteiger partial charge in [0.25, 0.3) is 0 Å². The number of nitrogens with zero attached hydrogens (tertiary/aromatic N) is 1. The molecule has 0 radical (unpaired) electrons. The van der Waals surface area contributed by atoms with Crippen molar-refractivity contribution in [3.63, 3.8) is 0 Å². The standard InChI is InChI=1S/C16H22N2O3/c19-14(13-4-2-1-3-5-13)16(6-7-16)12-17-15(20)18-8-10-21-11-9-18/h1-5,14,19H,6-12H2,(H,17,20). The molecule has 5 nitrogen and oxygen atoms in total. The molecule has 1 aromatic rings. The molecule has 3 rings (SSSR count). The van der Waals surface area contributed by atoms with E-state index in [2.05, 4.69) is 5.32 Å². The molecule has 1 aliphatic carbocycles. The first-order valence-electron chi connectivity index (χ1n) is 7.55. The molecule has 2 amide bonds. The van der Waals surface area contributed by atoms with E-state index in [0.717, 1.165) is 18.4 Å². The van der Waals surface area contributed by atoms with Crippen LogP contribution in [0.15, 0.2) is 30.3 Å². The number of hydrogen-bond acceptors (Lipinski definition) is 3. The van der Waals surface area contributed by atoms with Crippen LogP contribution < -0.4 is 5.32 Å². The minimum Gasteiger partial charge on any atom is -0.388 e. The molecule has 1 unspecified atom stereocenters. The summed E-state index contributed by atoms with van der Waals surface area (Å²) >= 11 is 0. The van der Waals surface area contributed by atoms with Crippen molar-refractivity contribution in [1.29, 1.82) is 0 Å². The Morgan fingerprint density at radius 3 is 2.57 bits per heavy atom. The van der Waals surface area contributed by atoms with Gasteiger partial charge in [0, 0.05) is 25.0 Å².